The van der Waals surface area contributed by atoms with E-state index in [0.717, 1.165) is 6.07 Å². The van der Waals surface area contributed by atoms with Gasteiger partial charge in [0, 0.05) is 12.1 Å². The van der Waals surface area contributed by atoms with Crippen molar-refractivity contribution in [2.45, 2.75) is 67.5 Å². The minimum Gasteiger partial charge on any atom is -0.571 e. The fourth-order valence-electron chi connectivity index (χ4n) is 5.35. The van der Waals surface area contributed by atoms with Crippen LogP contribution in [0.5, 0.6) is 34.5 Å². The number of aromatic hydroxyl groups is 3. The molecule has 0 radical (unpaired) electrons. The number of aliphatic hydroxyl groups is 9. The van der Waals surface area contributed by atoms with E-state index in [1.54, 1.807) is 0 Å². The summed E-state index contributed by atoms with van der Waals surface area (Å²) in [6, 6.07) is 5.36. The van der Waals surface area contributed by atoms with Gasteiger partial charge in [-0.2, -0.15) is 0 Å². The van der Waals surface area contributed by atoms with Gasteiger partial charge in [0.05, 0.1) is 39.1 Å². The molecule has 0 aromatic heterocycles. The highest BCUT2D eigenvalue weighted by molar-refractivity contribution is 5.70. The van der Waals surface area contributed by atoms with Crippen molar-refractivity contribution in [2.75, 3.05) is 27.4 Å². The number of methoxy groups -OCH3 is 2. The molecule has 2 saturated heterocycles. The van der Waals surface area contributed by atoms with Crippen molar-refractivity contribution >= 4 is 6.08 Å². The first-order valence-corrected chi connectivity index (χ1v) is 14.1. The molecule has 1 unspecified atom stereocenters. The van der Waals surface area contributed by atoms with Gasteiger partial charge in [-0.15, -0.1) is 0 Å². The first kappa shape index (κ1) is 33.7. The van der Waals surface area contributed by atoms with Crippen LogP contribution in [0.25, 0.3) is 6.08 Å². The van der Waals surface area contributed by atoms with Gasteiger partial charge in [-0.1, -0.05) is 0 Å². The Labute approximate surface area is 261 Å². The SMILES string of the molecule is COc1cc(C2[OH+]c3cc(O[C@@H]4O[C@H](CO)[C@@H](O)[C@H](O)[C@H]4O)cc(O)c3C=C2O[C@@H]2O[C@@H](CO)[C@@H](O)[C@@H](O)[C@@H]2O)cc(OC)c1O. The normalized spacial score (nSPS) is 34.1. The van der Waals surface area contributed by atoms with Crippen LogP contribution in [0.1, 0.15) is 17.2 Å². The molecule has 0 saturated carbocycles. The van der Waals surface area contributed by atoms with E-state index >= 15 is 0 Å². The van der Waals surface area contributed by atoms with Crippen LogP contribution in [-0.4, -0.2) is 145 Å². The standard InChI is InChI=1S/C29H36O17/c1-40-15-3-10(4-16(41-2)20(15)33)27-17(44-29-26(39)24(37)22(35)19(9-31)46-29)7-12-13(32)5-11(6-14(12)43-27)42-28-25(38)23(36)21(34)18(8-30)45-28/h3-7,18-19,21-39H,8-9H2,1-2H3/p+1/t18-,19+,21-,22-,23+,24-,25-,26+,27?,28-,29-/m1/s1. The highest BCUT2D eigenvalue weighted by Crippen LogP contribution is 2.48. The molecule has 11 N–H and O–H groups in total. The van der Waals surface area contributed by atoms with Crippen LogP contribution in [0.15, 0.2) is 30.0 Å². The number of phenolic OH excluding ortho intramolecular Hbond substituents is 2. The van der Waals surface area contributed by atoms with E-state index in [2.05, 4.69) is 4.74 Å². The summed E-state index contributed by atoms with van der Waals surface area (Å²) >= 11 is 0. The average molecular weight is 658 g/mol. The summed E-state index contributed by atoms with van der Waals surface area (Å²) in [5.74, 6) is -0.736. The molecule has 3 aliphatic heterocycles. The zero-order valence-electron chi connectivity index (χ0n) is 24.5. The minimum absolute atomic E-state index is 0.00471. The van der Waals surface area contributed by atoms with Crippen LogP contribution in [0.3, 0.4) is 0 Å². The van der Waals surface area contributed by atoms with Crippen LogP contribution in [0.2, 0.25) is 0 Å². The first-order chi connectivity index (χ1) is 21.9. The van der Waals surface area contributed by atoms with Crippen LogP contribution in [0, 0.1) is 0 Å². The van der Waals surface area contributed by atoms with Crippen LogP contribution >= 0.6 is 0 Å². The van der Waals surface area contributed by atoms with Gasteiger partial charge in [0.25, 0.3) is 11.9 Å². The Balaban J connectivity index is 1.53. The molecule has 3 aliphatic rings. The fraction of sp³-hybridized carbons (Fsp3) is 0.517. The van der Waals surface area contributed by atoms with Gasteiger partial charge in [-0.25, -0.2) is 0 Å². The average Bonchev–Trinajstić information content (AvgIpc) is 3.05. The van der Waals surface area contributed by atoms with Crippen LogP contribution in [0.4, 0.5) is 0 Å². The van der Waals surface area contributed by atoms with E-state index in [9.17, 15) is 51.1 Å². The largest absolute Gasteiger partial charge is 0.571 e. The van der Waals surface area contributed by atoms with Crippen molar-refractivity contribution in [1.82, 2.24) is 0 Å². The Morgan fingerprint density at radius 3 is 1.72 bits per heavy atom. The second kappa shape index (κ2) is 13.6. The lowest BCUT2D eigenvalue weighted by molar-refractivity contribution is -0.295. The Kier molecular flexibility index (Phi) is 9.99. The molecule has 2 fully saturated rings. The molecule has 0 amide bonds. The lowest BCUT2D eigenvalue weighted by Gasteiger charge is -2.40. The molecule has 11 atom stereocenters. The van der Waals surface area contributed by atoms with E-state index in [-0.39, 0.29) is 40.1 Å². The quantitative estimate of drug-likeness (QED) is 0.124. The topological polar surface area (TPSA) is 270 Å². The number of rotatable bonds is 9. The maximum Gasteiger partial charge on any atom is 0.270 e. The molecule has 0 aliphatic carbocycles. The molecular formula is C29H37O17+. The van der Waals surface area contributed by atoms with Gasteiger partial charge in [0.1, 0.15) is 65.9 Å². The lowest BCUT2D eigenvalue weighted by Crippen LogP contribution is -2.60. The number of hydrogen-bond donors (Lipinski definition) is 10. The third-order valence-corrected chi connectivity index (χ3v) is 7.95. The minimum atomic E-state index is -1.77. The summed E-state index contributed by atoms with van der Waals surface area (Å²) < 4.78 is 37.8. The zero-order valence-corrected chi connectivity index (χ0v) is 24.5. The molecule has 17 nitrogen and oxygen atoms in total. The van der Waals surface area contributed by atoms with Crippen molar-refractivity contribution in [3.63, 3.8) is 0 Å². The molecule has 2 aromatic carbocycles. The molecule has 2 aromatic rings. The van der Waals surface area contributed by atoms with Gasteiger partial charge in [-0.05, 0) is 12.1 Å². The molecular weight excluding hydrogens is 620 g/mol. The molecule has 0 spiro atoms. The lowest BCUT2D eigenvalue weighted by atomic mass is 9.98. The summed E-state index contributed by atoms with van der Waals surface area (Å²) in [6.45, 7) is -1.39. The van der Waals surface area contributed by atoms with Gasteiger partial charge < -0.3 is 84.2 Å². The fourth-order valence-corrected chi connectivity index (χ4v) is 5.35. The van der Waals surface area contributed by atoms with Crippen LogP contribution < -0.4 is 14.2 Å². The highest BCUT2D eigenvalue weighted by atomic mass is 16.7. The monoisotopic (exact) mass is 657 g/mol. The smallest absolute Gasteiger partial charge is 0.270 e. The Morgan fingerprint density at radius 2 is 1.22 bits per heavy atom. The number of fused-ring (bicyclic) bond motifs is 1. The Bertz CT molecular complexity index is 1390. The third-order valence-electron chi connectivity index (χ3n) is 7.95. The number of phenols is 2. The van der Waals surface area contributed by atoms with Gasteiger partial charge in [-0.3, -0.25) is 0 Å². The molecule has 0 bridgehead atoms. The number of ether oxygens (including phenoxy) is 7. The zero-order chi connectivity index (χ0) is 33.4. The second-order valence-corrected chi connectivity index (χ2v) is 10.9. The molecule has 46 heavy (non-hydrogen) atoms. The molecule has 5 rings (SSSR count). The van der Waals surface area contributed by atoms with Crippen LogP contribution in [-0.2, 0) is 14.2 Å². The van der Waals surface area contributed by atoms with Crippen molar-refractivity contribution < 1.29 is 84.2 Å². The highest BCUT2D eigenvalue weighted by Gasteiger charge is 2.47. The van der Waals surface area contributed by atoms with E-state index in [0.29, 0.717) is 5.56 Å². The Morgan fingerprint density at radius 1 is 0.696 bits per heavy atom. The number of benzene rings is 2. The summed E-state index contributed by atoms with van der Waals surface area (Å²) in [7, 11) is 2.63. The molecule has 17 heteroatoms. The summed E-state index contributed by atoms with van der Waals surface area (Å²) in [6.07, 6.45) is -15.7. The van der Waals surface area contributed by atoms with E-state index in [1.807, 2.05) is 0 Å². The van der Waals surface area contributed by atoms with Gasteiger partial charge in [0.2, 0.25) is 18.3 Å². The summed E-state index contributed by atoms with van der Waals surface area (Å²) in [4.78, 5) is 0. The van der Waals surface area contributed by atoms with Gasteiger partial charge in [0.15, 0.2) is 17.3 Å². The third kappa shape index (κ3) is 6.21. The van der Waals surface area contributed by atoms with E-state index in [1.165, 1.54) is 38.5 Å². The molecule has 254 valence electrons. The van der Waals surface area contributed by atoms with E-state index in [4.69, 9.17) is 28.4 Å². The number of aliphatic hydroxyl groups excluding tert-OH is 8. The second-order valence-electron chi connectivity index (χ2n) is 10.9. The summed E-state index contributed by atoms with van der Waals surface area (Å²) in [5, 5.41) is 102. The predicted octanol–water partition coefficient (Wildman–Crippen LogP) is -2.55. The van der Waals surface area contributed by atoms with Crippen molar-refractivity contribution in [2.24, 2.45) is 0 Å². The Hall–Kier alpha value is -3.62. The van der Waals surface area contributed by atoms with Crippen molar-refractivity contribution in [3.05, 3.63) is 41.2 Å². The maximum absolute atomic E-state index is 11.0. The van der Waals surface area contributed by atoms with Crippen molar-refractivity contribution in [1.29, 1.82) is 0 Å². The van der Waals surface area contributed by atoms with Crippen molar-refractivity contribution in [3.8, 4) is 34.5 Å². The molecule has 3 heterocycles. The maximum atomic E-state index is 11.0. The first-order valence-electron chi connectivity index (χ1n) is 14.1. The number of hydrogen-bond acceptors (Lipinski definition) is 16. The van der Waals surface area contributed by atoms with E-state index < -0.39 is 86.5 Å². The van der Waals surface area contributed by atoms with Gasteiger partial charge >= 0.3 is 0 Å². The predicted molar refractivity (Wildman–Crippen MR) is 151 cm³/mol. The summed E-state index contributed by atoms with van der Waals surface area (Å²) in [5.41, 5.74) is 0.405.